The summed E-state index contributed by atoms with van der Waals surface area (Å²) >= 11 is 0. The van der Waals surface area contributed by atoms with Gasteiger partial charge in [0.25, 0.3) is 0 Å². The van der Waals surface area contributed by atoms with E-state index in [1.165, 1.54) is 6.42 Å². The largest absolute Gasteiger partial charge is 0.300 e. The molecule has 78 valence electrons. The van der Waals surface area contributed by atoms with E-state index in [1.807, 2.05) is 0 Å². The van der Waals surface area contributed by atoms with Crippen LogP contribution in [0.5, 0.6) is 0 Å². The normalized spacial score (nSPS) is 30.7. The predicted molar refractivity (Wildman–Crippen MR) is 53.9 cm³/mol. The molecule has 14 heavy (non-hydrogen) atoms. The summed E-state index contributed by atoms with van der Waals surface area (Å²) in [7, 11) is 0. The molecule has 0 heterocycles. The highest BCUT2D eigenvalue weighted by molar-refractivity contribution is 5.83. The fourth-order valence-corrected chi connectivity index (χ4v) is 2.87. The third-order valence-electron chi connectivity index (χ3n) is 3.76. The molecule has 2 nitrogen and oxygen atoms in total. The van der Waals surface area contributed by atoms with E-state index < -0.39 is 0 Å². The first-order valence-electron chi connectivity index (χ1n) is 5.82. The molecule has 0 bridgehead atoms. The molecular formula is C12H18O2. The van der Waals surface area contributed by atoms with Crippen LogP contribution in [0.4, 0.5) is 0 Å². The van der Waals surface area contributed by atoms with Gasteiger partial charge in [0.2, 0.25) is 0 Å². The van der Waals surface area contributed by atoms with Crippen molar-refractivity contribution >= 4 is 11.6 Å². The van der Waals surface area contributed by atoms with Crippen molar-refractivity contribution < 1.29 is 9.59 Å². The Morgan fingerprint density at radius 3 is 2.21 bits per heavy atom. The second kappa shape index (κ2) is 4.24. The lowest BCUT2D eigenvalue weighted by atomic mass is 9.72. The number of hydrogen-bond acceptors (Lipinski definition) is 2. The van der Waals surface area contributed by atoms with Gasteiger partial charge in [-0.15, -0.1) is 0 Å². The fourth-order valence-electron chi connectivity index (χ4n) is 2.87. The van der Waals surface area contributed by atoms with Crippen LogP contribution in [0.3, 0.4) is 0 Å². The maximum Gasteiger partial charge on any atom is 0.136 e. The van der Waals surface area contributed by atoms with Crippen molar-refractivity contribution in [1.82, 2.24) is 0 Å². The molecule has 0 aromatic heterocycles. The Morgan fingerprint density at radius 1 is 0.857 bits per heavy atom. The first-order chi connectivity index (χ1) is 6.77. The van der Waals surface area contributed by atoms with Crippen LogP contribution in [0, 0.1) is 11.8 Å². The maximum absolute atomic E-state index is 11.7. The van der Waals surface area contributed by atoms with Crippen molar-refractivity contribution in [2.75, 3.05) is 0 Å². The van der Waals surface area contributed by atoms with Crippen molar-refractivity contribution in [3.8, 4) is 0 Å². The summed E-state index contributed by atoms with van der Waals surface area (Å²) in [5.41, 5.74) is 0. The van der Waals surface area contributed by atoms with Gasteiger partial charge < -0.3 is 0 Å². The second-order valence-electron chi connectivity index (χ2n) is 4.69. The van der Waals surface area contributed by atoms with Crippen LogP contribution in [0.15, 0.2) is 0 Å². The van der Waals surface area contributed by atoms with Crippen LogP contribution in [-0.2, 0) is 9.59 Å². The first kappa shape index (κ1) is 9.88. The summed E-state index contributed by atoms with van der Waals surface area (Å²) in [6, 6.07) is 0. The number of rotatable bonds is 1. The van der Waals surface area contributed by atoms with Gasteiger partial charge >= 0.3 is 0 Å². The third kappa shape index (κ3) is 2.05. The van der Waals surface area contributed by atoms with E-state index in [-0.39, 0.29) is 0 Å². The highest BCUT2D eigenvalue weighted by atomic mass is 16.1. The Kier molecular flexibility index (Phi) is 2.99. The van der Waals surface area contributed by atoms with Crippen molar-refractivity contribution in [3.05, 3.63) is 0 Å². The van der Waals surface area contributed by atoms with Crippen molar-refractivity contribution in [1.29, 1.82) is 0 Å². The molecule has 0 saturated heterocycles. The zero-order valence-corrected chi connectivity index (χ0v) is 8.63. The van der Waals surface area contributed by atoms with Gasteiger partial charge in [0, 0.05) is 25.2 Å². The molecular weight excluding hydrogens is 176 g/mol. The molecule has 2 saturated carbocycles. The van der Waals surface area contributed by atoms with Gasteiger partial charge in [0.05, 0.1) is 0 Å². The van der Waals surface area contributed by atoms with Gasteiger partial charge in [0.1, 0.15) is 11.6 Å². The Hall–Kier alpha value is -0.660. The smallest absolute Gasteiger partial charge is 0.136 e. The van der Waals surface area contributed by atoms with E-state index >= 15 is 0 Å². The number of carbonyl (C=O) groups excluding carboxylic acids is 2. The molecule has 1 atom stereocenters. The molecule has 1 unspecified atom stereocenters. The van der Waals surface area contributed by atoms with Gasteiger partial charge in [-0.1, -0.05) is 6.42 Å². The zero-order chi connectivity index (χ0) is 9.97. The maximum atomic E-state index is 11.7. The van der Waals surface area contributed by atoms with Gasteiger partial charge in [-0.3, -0.25) is 9.59 Å². The van der Waals surface area contributed by atoms with E-state index in [4.69, 9.17) is 0 Å². The molecule has 2 aliphatic rings. The van der Waals surface area contributed by atoms with Crippen LogP contribution >= 0.6 is 0 Å². The van der Waals surface area contributed by atoms with Gasteiger partial charge in [0.15, 0.2) is 0 Å². The summed E-state index contributed by atoms with van der Waals surface area (Å²) in [6.07, 6.45) is 7.53. The summed E-state index contributed by atoms with van der Waals surface area (Å²) in [5.74, 6) is 1.69. The number of ketones is 2. The molecule has 0 aromatic carbocycles. The Morgan fingerprint density at radius 2 is 1.57 bits per heavy atom. The number of Topliss-reactive ketones (excluding diaryl/α,β-unsaturated/α-hetero) is 2. The first-order valence-corrected chi connectivity index (χ1v) is 5.82. The van der Waals surface area contributed by atoms with E-state index in [1.54, 1.807) is 0 Å². The van der Waals surface area contributed by atoms with Crippen LogP contribution in [0.2, 0.25) is 0 Å². The molecule has 0 aromatic rings. The molecule has 0 aliphatic heterocycles. The minimum atomic E-state index is 0.303. The molecule has 0 amide bonds. The molecule has 2 fully saturated rings. The summed E-state index contributed by atoms with van der Waals surface area (Å²) < 4.78 is 0. The highest BCUT2D eigenvalue weighted by Gasteiger charge is 2.32. The number of carbonyl (C=O) groups is 2. The summed E-state index contributed by atoms with van der Waals surface area (Å²) in [4.78, 5) is 22.8. The van der Waals surface area contributed by atoms with E-state index in [9.17, 15) is 9.59 Å². The average Bonchev–Trinajstić information content (AvgIpc) is 2.20. The highest BCUT2D eigenvalue weighted by Crippen LogP contribution is 2.35. The van der Waals surface area contributed by atoms with Crippen LogP contribution < -0.4 is 0 Å². The minimum absolute atomic E-state index is 0.303. The Labute approximate surface area is 85.1 Å². The van der Waals surface area contributed by atoms with E-state index in [0.29, 0.717) is 36.2 Å². The third-order valence-corrected chi connectivity index (χ3v) is 3.76. The van der Waals surface area contributed by atoms with Gasteiger partial charge in [-0.05, 0) is 31.6 Å². The molecule has 0 N–H and O–H groups in total. The summed E-state index contributed by atoms with van der Waals surface area (Å²) in [6.45, 7) is 0. The van der Waals surface area contributed by atoms with Crippen LogP contribution in [0.25, 0.3) is 0 Å². The van der Waals surface area contributed by atoms with Gasteiger partial charge in [-0.2, -0.15) is 0 Å². The fraction of sp³-hybridized carbons (Fsp3) is 0.833. The second-order valence-corrected chi connectivity index (χ2v) is 4.69. The van der Waals surface area contributed by atoms with E-state index in [0.717, 1.165) is 32.1 Å². The topological polar surface area (TPSA) is 34.1 Å². The minimum Gasteiger partial charge on any atom is -0.300 e. The van der Waals surface area contributed by atoms with Crippen molar-refractivity contribution in [2.24, 2.45) is 11.8 Å². The van der Waals surface area contributed by atoms with Gasteiger partial charge in [-0.25, -0.2) is 0 Å². The molecule has 0 spiro atoms. The quantitative estimate of drug-likeness (QED) is 0.642. The summed E-state index contributed by atoms with van der Waals surface area (Å²) in [5, 5.41) is 0. The number of hydrogen-bond donors (Lipinski definition) is 0. The monoisotopic (exact) mass is 194 g/mol. The molecule has 0 radical (unpaired) electrons. The standard InChI is InChI=1S/C12H18O2/c13-10-7-5-9(6-8-10)11-3-1-2-4-12(11)14/h9,11H,1-8H2. The molecule has 2 rings (SSSR count). The molecule has 2 heteroatoms. The van der Waals surface area contributed by atoms with Crippen molar-refractivity contribution in [3.63, 3.8) is 0 Å². The Balaban J connectivity index is 1.93. The predicted octanol–water partition coefficient (Wildman–Crippen LogP) is 2.51. The van der Waals surface area contributed by atoms with Crippen molar-refractivity contribution in [2.45, 2.75) is 51.4 Å². The van der Waals surface area contributed by atoms with Crippen LogP contribution in [-0.4, -0.2) is 11.6 Å². The zero-order valence-electron chi connectivity index (χ0n) is 8.63. The van der Waals surface area contributed by atoms with E-state index in [2.05, 4.69) is 0 Å². The lowest BCUT2D eigenvalue weighted by Gasteiger charge is -2.31. The van der Waals surface area contributed by atoms with Crippen LogP contribution in [0.1, 0.15) is 51.4 Å². The lowest BCUT2D eigenvalue weighted by molar-refractivity contribution is -0.129. The molecule has 2 aliphatic carbocycles. The Bertz CT molecular complexity index is 235. The average molecular weight is 194 g/mol. The lowest BCUT2D eigenvalue weighted by Crippen LogP contribution is -2.30. The SMILES string of the molecule is O=C1CCC(C2CCCCC2=O)CC1.